The molecule has 1 aromatic carbocycles. The molecule has 6 heteroatoms. The number of amides is 1. The molecule has 0 saturated carbocycles. The number of nitrogens with zero attached hydrogens (tertiary/aromatic N) is 4. The first kappa shape index (κ1) is 17.7. The maximum Gasteiger partial charge on any atom is 0.276 e. The van der Waals surface area contributed by atoms with Crippen LogP contribution in [0.15, 0.2) is 71.5 Å². The summed E-state index contributed by atoms with van der Waals surface area (Å²) in [6.45, 7) is 3.09. The zero-order chi connectivity index (χ0) is 19.8. The van der Waals surface area contributed by atoms with Crippen LogP contribution in [0.2, 0.25) is 0 Å². The minimum absolute atomic E-state index is 0.0708. The SMILES string of the molecule is Cc1cc(C(=O)N2CCC(c3ccccc3)(c3cn4ccccc4n3)CC2)no1. The molecule has 0 radical (unpaired) electrons. The van der Waals surface area contributed by atoms with Gasteiger partial charge in [-0.3, -0.25) is 4.79 Å². The van der Waals surface area contributed by atoms with E-state index in [9.17, 15) is 4.79 Å². The second-order valence-corrected chi connectivity index (χ2v) is 7.66. The third-order valence-electron chi connectivity index (χ3n) is 5.93. The van der Waals surface area contributed by atoms with Crippen molar-refractivity contribution in [3.63, 3.8) is 0 Å². The van der Waals surface area contributed by atoms with Gasteiger partial charge in [0.05, 0.1) is 5.69 Å². The fraction of sp³-hybridized carbons (Fsp3) is 0.261. The Morgan fingerprint density at radius 1 is 1.07 bits per heavy atom. The van der Waals surface area contributed by atoms with E-state index in [1.165, 1.54) is 5.56 Å². The van der Waals surface area contributed by atoms with E-state index in [1.54, 1.807) is 13.0 Å². The Balaban J connectivity index is 1.49. The minimum Gasteiger partial charge on any atom is -0.361 e. The van der Waals surface area contributed by atoms with Gasteiger partial charge in [0, 0.05) is 37.0 Å². The first-order chi connectivity index (χ1) is 14.2. The molecule has 0 spiro atoms. The van der Waals surface area contributed by atoms with E-state index in [1.807, 2.05) is 35.4 Å². The van der Waals surface area contributed by atoms with E-state index in [-0.39, 0.29) is 11.3 Å². The molecule has 0 unspecified atom stereocenters. The highest BCUT2D eigenvalue weighted by atomic mass is 16.5. The van der Waals surface area contributed by atoms with Crippen molar-refractivity contribution in [1.82, 2.24) is 19.4 Å². The number of hydrogen-bond donors (Lipinski definition) is 0. The number of benzene rings is 1. The van der Waals surface area contributed by atoms with Crippen molar-refractivity contribution in [3.05, 3.63) is 89.7 Å². The molecule has 1 aliphatic heterocycles. The number of rotatable bonds is 3. The van der Waals surface area contributed by atoms with Crippen molar-refractivity contribution in [2.24, 2.45) is 0 Å². The van der Waals surface area contributed by atoms with Crippen LogP contribution in [0.25, 0.3) is 5.65 Å². The molecule has 5 rings (SSSR count). The number of imidazole rings is 1. The molecule has 29 heavy (non-hydrogen) atoms. The van der Waals surface area contributed by atoms with Gasteiger partial charge in [-0.05, 0) is 37.5 Å². The van der Waals surface area contributed by atoms with Crippen LogP contribution >= 0.6 is 0 Å². The molecule has 6 nitrogen and oxygen atoms in total. The van der Waals surface area contributed by atoms with Crippen molar-refractivity contribution in [1.29, 1.82) is 0 Å². The molecule has 1 aliphatic rings. The summed E-state index contributed by atoms with van der Waals surface area (Å²) < 4.78 is 7.14. The van der Waals surface area contributed by atoms with E-state index >= 15 is 0 Å². The lowest BCUT2D eigenvalue weighted by Crippen LogP contribution is -2.46. The maximum atomic E-state index is 12.8. The van der Waals surface area contributed by atoms with Crippen LogP contribution in [0.5, 0.6) is 0 Å². The summed E-state index contributed by atoms with van der Waals surface area (Å²) in [7, 11) is 0. The number of fused-ring (bicyclic) bond motifs is 1. The summed E-state index contributed by atoms with van der Waals surface area (Å²) in [6.07, 6.45) is 5.77. The molecule has 0 bridgehead atoms. The Labute approximate surface area is 168 Å². The summed E-state index contributed by atoms with van der Waals surface area (Å²) in [5.74, 6) is 0.576. The highest BCUT2D eigenvalue weighted by Gasteiger charge is 2.41. The van der Waals surface area contributed by atoms with Crippen LogP contribution in [0.3, 0.4) is 0 Å². The molecule has 3 aromatic heterocycles. The molecule has 0 atom stereocenters. The number of carbonyl (C=O) groups excluding carboxylic acids is 1. The summed E-state index contributed by atoms with van der Waals surface area (Å²) in [6, 6.07) is 18.2. The summed E-state index contributed by atoms with van der Waals surface area (Å²) in [5.41, 5.74) is 3.40. The van der Waals surface area contributed by atoms with Crippen molar-refractivity contribution >= 4 is 11.6 Å². The number of likely N-dealkylation sites (tertiary alicyclic amines) is 1. The lowest BCUT2D eigenvalue weighted by atomic mass is 9.70. The number of aryl methyl sites for hydroxylation is 1. The Kier molecular flexibility index (Phi) is 4.19. The number of carbonyl (C=O) groups is 1. The van der Waals surface area contributed by atoms with Gasteiger partial charge >= 0.3 is 0 Å². The monoisotopic (exact) mass is 386 g/mol. The van der Waals surface area contributed by atoms with E-state index in [0.29, 0.717) is 24.5 Å². The lowest BCUT2D eigenvalue weighted by Gasteiger charge is -2.41. The molecule has 0 aliphatic carbocycles. The second-order valence-electron chi connectivity index (χ2n) is 7.66. The molecule has 1 saturated heterocycles. The van der Waals surface area contributed by atoms with E-state index in [0.717, 1.165) is 24.2 Å². The molecular weight excluding hydrogens is 364 g/mol. The van der Waals surface area contributed by atoms with Gasteiger partial charge in [0.2, 0.25) is 0 Å². The van der Waals surface area contributed by atoms with Gasteiger partial charge in [-0.2, -0.15) is 0 Å². The molecule has 1 amide bonds. The zero-order valence-corrected chi connectivity index (χ0v) is 16.3. The topological polar surface area (TPSA) is 63.6 Å². The van der Waals surface area contributed by atoms with Crippen LogP contribution in [0, 0.1) is 6.92 Å². The first-order valence-corrected chi connectivity index (χ1v) is 9.88. The fourth-order valence-corrected chi connectivity index (χ4v) is 4.34. The summed E-state index contributed by atoms with van der Waals surface area (Å²) >= 11 is 0. The van der Waals surface area contributed by atoms with Crippen LogP contribution in [-0.4, -0.2) is 38.4 Å². The predicted molar refractivity (Wildman–Crippen MR) is 109 cm³/mol. The van der Waals surface area contributed by atoms with Crippen LogP contribution in [-0.2, 0) is 5.41 Å². The van der Waals surface area contributed by atoms with Crippen LogP contribution in [0.1, 0.15) is 40.3 Å². The Hall–Kier alpha value is -3.41. The molecule has 4 heterocycles. The van der Waals surface area contributed by atoms with Crippen molar-refractivity contribution in [2.75, 3.05) is 13.1 Å². The van der Waals surface area contributed by atoms with Crippen molar-refractivity contribution in [3.8, 4) is 0 Å². The molecule has 0 N–H and O–H groups in total. The zero-order valence-electron chi connectivity index (χ0n) is 16.3. The quantitative estimate of drug-likeness (QED) is 0.536. The van der Waals surface area contributed by atoms with E-state index < -0.39 is 0 Å². The average molecular weight is 386 g/mol. The second kappa shape index (κ2) is 6.88. The van der Waals surface area contributed by atoms with Gasteiger partial charge in [-0.15, -0.1) is 0 Å². The smallest absolute Gasteiger partial charge is 0.276 e. The standard InChI is InChI=1S/C23H22N4O2/c1-17-15-19(25-29-17)22(28)26-13-10-23(11-14-26,18-7-3-2-4-8-18)20-16-27-12-6-5-9-21(27)24-20/h2-9,12,15-16H,10-11,13-14H2,1H3. The predicted octanol–water partition coefficient (Wildman–Crippen LogP) is 3.85. The average Bonchev–Trinajstić information content (AvgIpc) is 3.40. The van der Waals surface area contributed by atoms with Gasteiger partial charge in [-0.25, -0.2) is 4.98 Å². The maximum absolute atomic E-state index is 12.8. The van der Waals surface area contributed by atoms with Crippen molar-refractivity contribution in [2.45, 2.75) is 25.2 Å². The Morgan fingerprint density at radius 2 is 1.83 bits per heavy atom. The van der Waals surface area contributed by atoms with E-state index in [4.69, 9.17) is 9.51 Å². The summed E-state index contributed by atoms with van der Waals surface area (Å²) in [4.78, 5) is 19.6. The number of aromatic nitrogens is 3. The number of pyridine rings is 1. The first-order valence-electron chi connectivity index (χ1n) is 9.88. The van der Waals surface area contributed by atoms with E-state index in [2.05, 4.69) is 40.0 Å². The van der Waals surface area contributed by atoms with Gasteiger partial charge in [-0.1, -0.05) is 41.6 Å². The lowest BCUT2D eigenvalue weighted by molar-refractivity contribution is 0.0673. The summed E-state index contributed by atoms with van der Waals surface area (Å²) in [5, 5.41) is 3.89. The highest BCUT2D eigenvalue weighted by Crippen LogP contribution is 2.41. The Morgan fingerprint density at radius 3 is 2.52 bits per heavy atom. The number of piperidine rings is 1. The third-order valence-corrected chi connectivity index (χ3v) is 5.93. The van der Waals surface area contributed by atoms with Crippen LogP contribution < -0.4 is 0 Å². The van der Waals surface area contributed by atoms with Crippen molar-refractivity contribution < 1.29 is 9.32 Å². The normalized spacial score (nSPS) is 16.2. The Bertz CT molecular complexity index is 1120. The largest absolute Gasteiger partial charge is 0.361 e. The highest BCUT2D eigenvalue weighted by molar-refractivity contribution is 5.92. The molecule has 4 aromatic rings. The van der Waals surface area contributed by atoms with Gasteiger partial charge in [0.15, 0.2) is 5.69 Å². The molecular formula is C23H22N4O2. The fourth-order valence-electron chi connectivity index (χ4n) is 4.34. The van der Waals surface area contributed by atoms with Gasteiger partial charge < -0.3 is 13.8 Å². The molecule has 146 valence electrons. The van der Waals surface area contributed by atoms with Crippen LogP contribution in [0.4, 0.5) is 0 Å². The minimum atomic E-state index is -0.218. The van der Waals surface area contributed by atoms with Gasteiger partial charge in [0.1, 0.15) is 11.4 Å². The van der Waals surface area contributed by atoms with Gasteiger partial charge in [0.25, 0.3) is 5.91 Å². The number of hydrogen-bond acceptors (Lipinski definition) is 4. The molecule has 1 fully saturated rings. The third kappa shape index (κ3) is 3.01.